The average molecular weight is 449 g/mol. The molecule has 3 rings (SSSR count). The van der Waals surface area contributed by atoms with Crippen molar-refractivity contribution in [1.82, 2.24) is 25.0 Å². The number of nitrogens with one attached hydrogen (secondary N) is 2. The number of aliphatic imine (C=N–C) groups is 1. The van der Waals surface area contributed by atoms with Crippen molar-refractivity contribution in [3.05, 3.63) is 53.4 Å². The van der Waals surface area contributed by atoms with Crippen LogP contribution in [0.1, 0.15) is 21.6 Å². The Hall–Kier alpha value is -2.92. The van der Waals surface area contributed by atoms with Gasteiger partial charge in [-0.25, -0.2) is 8.42 Å². The fourth-order valence-corrected chi connectivity index (χ4v) is 4.86. The van der Waals surface area contributed by atoms with Crippen LogP contribution in [-0.2, 0) is 22.2 Å². The SMILES string of the molecule is CN=C(NCCc1cccc(C(=O)NC)c1)N1CCN(S(=O)(=O)Cc2ccon2)CC1. The van der Waals surface area contributed by atoms with Gasteiger partial charge in [-0.3, -0.25) is 9.79 Å². The third kappa shape index (κ3) is 6.05. The van der Waals surface area contributed by atoms with Crippen molar-refractivity contribution in [1.29, 1.82) is 0 Å². The molecule has 2 aromatic rings. The first-order chi connectivity index (χ1) is 14.9. The lowest BCUT2D eigenvalue weighted by Gasteiger charge is -2.35. The summed E-state index contributed by atoms with van der Waals surface area (Å²) >= 11 is 0. The zero-order valence-electron chi connectivity index (χ0n) is 17.7. The Morgan fingerprint density at radius 3 is 2.65 bits per heavy atom. The molecule has 168 valence electrons. The summed E-state index contributed by atoms with van der Waals surface area (Å²) in [5.74, 6) is 0.462. The number of piperazine rings is 1. The van der Waals surface area contributed by atoms with Crippen LogP contribution in [0.5, 0.6) is 0 Å². The molecule has 31 heavy (non-hydrogen) atoms. The topological polar surface area (TPSA) is 120 Å². The van der Waals surface area contributed by atoms with E-state index in [1.807, 2.05) is 23.1 Å². The first kappa shape index (κ1) is 22.8. The maximum absolute atomic E-state index is 12.6. The molecule has 0 saturated carbocycles. The van der Waals surface area contributed by atoms with Crippen molar-refractivity contribution in [2.45, 2.75) is 12.2 Å². The number of guanidine groups is 1. The Kier molecular flexibility index (Phi) is 7.64. The second-order valence-corrected chi connectivity index (χ2v) is 9.11. The van der Waals surface area contributed by atoms with E-state index in [2.05, 4.69) is 20.8 Å². The Balaban J connectivity index is 1.49. The van der Waals surface area contributed by atoms with Gasteiger partial charge in [0.1, 0.15) is 12.0 Å². The molecule has 0 aliphatic carbocycles. The van der Waals surface area contributed by atoms with E-state index >= 15 is 0 Å². The number of aromatic nitrogens is 1. The van der Waals surface area contributed by atoms with E-state index in [0.29, 0.717) is 44.0 Å². The highest BCUT2D eigenvalue weighted by molar-refractivity contribution is 7.88. The van der Waals surface area contributed by atoms with Gasteiger partial charge in [-0.05, 0) is 24.1 Å². The lowest BCUT2D eigenvalue weighted by Crippen LogP contribution is -2.54. The number of hydrogen-bond donors (Lipinski definition) is 2. The molecular formula is C20H28N6O4S. The maximum Gasteiger partial charge on any atom is 0.251 e. The van der Waals surface area contributed by atoms with Gasteiger partial charge in [-0.2, -0.15) is 4.31 Å². The molecule has 0 bridgehead atoms. The van der Waals surface area contributed by atoms with Gasteiger partial charge in [-0.1, -0.05) is 17.3 Å². The summed E-state index contributed by atoms with van der Waals surface area (Å²) < 4.78 is 31.4. The number of rotatable bonds is 7. The van der Waals surface area contributed by atoms with Crippen LogP contribution in [0.15, 0.2) is 46.1 Å². The van der Waals surface area contributed by atoms with E-state index in [9.17, 15) is 13.2 Å². The van der Waals surface area contributed by atoms with Gasteiger partial charge in [0.05, 0.1) is 5.69 Å². The largest absolute Gasteiger partial charge is 0.364 e. The first-order valence-corrected chi connectivity index (χ1v) is 11.7. The minimum absolute atomic E-state index is 0.109. The summed E-state index contributed by atoms with van der Waals surface area (Å²) in [7, 11) is -0.116. The molecule has 1 saturated heterocycles. The van der Waals surface area contributed by atoms with Gasteiger partial charge in [0, 0.05) is 58.4 Å². The molecule has 1 aromatic carbocycles. The molecule has 1 aliphatic heterocycles. The molecule has 11 heteroatoms. The average Bonchev–Trinajstić information content (AvgIpc) is 3.29. The third-order valence-corrected chi connectivity index (χ3v) is 6.89. The molecule has 0 spiro atoms. The van der Waals surface area contributed by atoms with E-state index in [0.717, 1.165) is 17.9 Å². The summed E-state index contributed by atoms with van der Waals surface area (Å²) in [6, 6.07) is 9.07. The minimum Gasteiger partial charge on any atom is -0.364 e. The highest BCUT2D eigenvalue weighted by Crippen LogP contribution is 2.13. The number of carbonyl (C=O) groups is 1. The normalized spacial score (nSPS) is 15.7. The van der Waals surface area contributed by atoms with Gasteiger partial charge in [0.25, 0.3) is 5.91 Å². The van der Waals surface area contributed by atoms with Crippen molar-refractivity contribution in [2.24, 2.45) is 4.99 Å². The second kappa shape index (κ2) is 10.4. The Morgan fingerprint density at radius 1 is 1.23 bits per heavy atom. The molecule has 2 N–H and O–H groups in total. The number of benzene rings is 1. The molecule has 1 aromatic heterocycles. The van der Waals surface area contributed by atoms with E-state index < -0.39 is 10.0 Å². The lowest BCUT2D eigenvalue weighted by molar-refractivity contribution is 0.0963. The van der Waals surface area contributed by atoms with Gasteiger partial charge in [0.2, 0.25) is 10.0 Å². The number of hydrogen-bond acceptors (Lipinski definition) is 6. The van der Waals surface area contributed by atoms with Crippen LogP contribution < -0.4 is 10.6 Å². The minimum atomic E-state index is -3.44. The molecule has 1 amide bonds. The standard InChI is InChI=1S/C20H28N6O4S/c1-21-19(27)17-5-3-4-16(14-17)6-8-23-20(22-2)25-9-11-26(12-10-25)31(28,29)15-18-7-13-30-24-18/h3-5,7,13-14H,6,8-12,15H2,1-2H3,(H,21,27)(H,22,23). The van der Waals surface area contributed by atoms with Crippen LogP contribution in [0, 0.1) is 0 Å². The van der Waals surface area contributed by atoms with Gasteiger partial charge >= 0.3 is 0 Å². The lowest BCUT2D eigenvalue weighted by atomic mass is 10.1. The van der Waals surface area contributed by atoms with Crippen molar-refractivity contribution in [3.63, 3.8) is 0 Å². The fourth-order valence-electron chi connectivity index (χ4n) is 3.43. The zero-order valence-corrected chi connectivity index (χ0v) is 18.6. The van der Waals surface area contributed by atoms with E-state index in [-0.39, 0.29) is 11.7 Å². The molecule has 1 aliphatic rings. The molecular weight excluding hydrogens is 420 g/mol. The third-order valence-electron chi connectivity index (χ3n) is 5.08. The van der Waals surface area contributed by atoms with Crippen molar-refractivity contribution in [2.75, 3.05) is 46.8 Å². The maximum atomic E-state index is 12.6. The summed E-state index contributed by atoms with van der Waals surface area (Å²) in [5.41, 5.74) is 2.08. The van der Waals surface area contributed by atoms with Crippen molar-refractivity contribution < 1.29 is 17.7 Å². The second-order valence-electron chi connectivity index (χ2n) is 7.14. The highest BCUT2D eigenvalue weighted by Gasteiger charge is 2.28. The summed E-state index contributed by atoms with van der Waals surface area (Å²) in [6.07, 6.45) is 2.10. The van der Waals surface area contributed by atoms with Gasteiger partial charge < -0.3 is 20.1 Å². The molecule has 0 atom stereocenters. The van der Waals surface area contributed by atoms with Crippen LogP contribution in [0.4, 0.5) is 0 Å². The molecule has 0 unspecified atom stereocenters. The molecule has 2 heterocycles. The van der Waals surface area contributed by atoms with E-state index in [1.165, 1.54) is 10.6 Å². The highest BCUT2D eigenvalue weighted by atomic mass is 32.2. The fraction of sp³-hybridized carbons (Fsp3) is 0.450. The molecule has 1 fully saturated rings. The van der Waals surface area contributed by atoms with E-state index in [1.54, 1.807) is 26.2 Å². The van der Waals surface area contributed by atoms with Crippen LogP contribution in [0.3, 0.4) is 0 Å². The zero-order chi connectivity index (χ0) is 22.3. The Labute approximate surface area is 182 Å². The first-order valence-electron chi connectivity index (χ1n) is 10.1. The smallest absolute Gasteiger partial charge is 0.251 e. The van der Waals surface area contributed by atoms with Gasteiger partial charge in [-0.15, -0.1) is 0 Å². The van der Waals surface area contributed by atoms with E-state index in [4.69, 9.17) is 4.52 Å². The van der Waals surface area contributed by atoms with Crippen LogP contribution in [0.25, 0.3) is 0 Å². The van der Waals surface area contributed by atoms with Crippen LogP contribution >= 0.6 is 0 Å². The Bertz CT molecular complexity index is 998. The predicted octanol–water partition coefficient (Wildman–Crippen LogP) is 0.300. The summed E-state index contributed by atoms with van der Waals surface area (Å²) in [5, 5.41) is 9.64. The Morgan fingerprint density at radius 2 is 2.00 bits per heavy atom. The quantitative estimate of drug-likeness (QED) is 0.462. The monoisotopic (exact) mass is 448 g/mol. The van der Waals surface area contributed by atoms with Crippen molar-refractivity contribution in [3.8, 4) is 0 Å². The van der Waals surface area contributed by atoms with Gasteiger partial charge in [0.15, 0.2) is 5.96 Å². The predicted molar refractivity (Wildman–Crippen MR) is 117 cm³/mol. The van der Waals surface area contributed by atoms with Crippen LogP contribution in [-0.4, -0.2) is 81.5 Å². The summed E-state index contributed by atoms with van der Waals surface area (Å²) in [6.45, 7) is 2.51. The number of carbonyl (C=O) groups excluding carboxylic acids is 1. The van der Waals surface area contributed by atoms with Crippen molar-refractivity contribution >= 4 is 21.9 Å². The molecule has 0 radical (unpaired) electrons. The summed E-state index contributed by atoms with van der Waals surface area (Å²) in [4.78, 5) is 18.2. The molecule has 10 nitrogen and oxygen atoms in total. The van der Waals surface area contributed by atoms with Crippen LogP contribution in [0.2, 0.25) is 0 Å². The number of nitrogens with zero attached hydrogens (tertiary/aromatic N) is 4. The number of amides is 1. The number of sulfonamides is 1.